The lowest BCUT2D eigenvalue weighted by Gasteiger charge is -2.17. The molecule has 0 aromatic heterocycles. The first-order valence-electron chi connectivity index (χ1n) is 7.46. The molecule has 116 valence electrons. The molecule has 2 atom stereocenters. The molecule has 21 heavy (non-hydrogen) atoms. The Morgan fingerprint density at radius 3 is 2.43 bits per heavy atom. The second-order valence-corrected chi connectivity index (χ2v) is 5.76. The molecule has 2 heterocycles. The smallest absolute Gasteiger partial charge is 0.260 e. The van der Waals surface area contributed by atoms with Gasteiger partial charge in [-0.2, -0.15) is 0 Å². The number of fused-ring (bicyclic) bond motifs is 1. The van der Waals surface area contributed by atoms with Crippen molar-refractivity contribution >= 4 is 18.3 Å². The quantitative estimate of drug-likeness (QED) is 0.921. The van der Waals surface area contributed by atoms with E-state index in [0.717, 1.165) is 38.3 Å². The average molecular weight is 311 g/mol. The van der Waals surface area contributed by atoms with E-state index >= 15 is 0 Å². The second-order valence-electron chi connectivity index (χ2n) is 5.76. The molecule has 4 nitrogen and oxygen atoms in total. The number of nitrogens with one attached hydrogen (secondary N) is 1. The van der Waals surface area contributed by atoms with Crippen LogP contribution in [0, 0.1) is 11.8 Å². The minimum atomic E-state index is 0. The highest BCUT2D eigenvalue weighted by Crippen LogP contribution is 2.26. The minimum Gasteiger partial charge on any atom is -0.484 e. The van der Waals surface area contributed by atoms with Gasteiger partial charge < -0.3 is 15.0 Å². The SMILES string of the molecule is CCc1ccc(OCC(=O)N2C[C@H]3CNC[C@H]3C2)cc1.Cl. The van der Waals surface area contributed by atoms with E-state index in [-0.39, 0.29) is 24.9 Å². The van der Waals surface area contributed by atoms with Gasteiger partial charge in [0.2, 0.25) is 0 Å². The Hall–Kier alpha value is -1.26. The van der Waals surface area contributed by atoms with Crippen LogP contribution in [-0.4, -0.2) is 43.6 Å². The van der Waals surface area contributed by atoms with E-state index in [2.05, 4.69) is 12.2 Å². The van der Waals surface area contributed by atoms with Crippen molar-refractivity contribution < 1.29 is 9.53 Å². The van der Waals surface area contributed by atoms with Gasteiger partial charge in [-0.3, -0.25) is 4.79 Å². The Morgan fingerprint density at radius 2 is 1.86 bits per heavy atom. The standard InChI is InChI=1S/C16H22N2O2.ClH/c1-2-12-3-5-15(6-4-12)20-11-16(19)18-9-13-7-17-8-14(13)10-18;/h3-6,13-14,17H,2,7-11H2,1H3;1H/t13-,14+;. The summed E-state index contributed by atoms with van der Waals surface area (Å²) in [5.41, 5.74) is 1.28. The first-order valence-corrected chi connectivity index (χ1v) is 7.46. The van der Waals surface area contributed by atoms with Crippen LogP contribution < -0.4 is 10.1 Å². The maximum absolute atomic E-state index is 12.2. The highest BCUT2D eigenvalue weighted by Gasteiger charge is 2.37. The maximum atomic E-state index is 12.2. The van der Waals surface area contributed by atoms with Crippen molar-refractivity contribution in [1.29, 1.82) is 0 Å². The Morgan fingerprint density at radius 1 is 1.24 bits per heavy atom. The van der Waals surface area contributed by atoms with Crippen LogP contribution in [0.15, 0.2) is 24.3 Å². The van der Waals surface area contributed by atoms with Crippen molar-refractivity contribution in [2.45, 2.75) is 13.3 Å². The number of halogens is 1. The van der Waals surface area contributed by atoms with Gasteiger partial charge >= 0.3 is 0 Å². The van der Waals surface area contributed by atoms with Gasteiger partial charge in [0.1, 0.15) is 5.75 Å². The molecule has 1 amide bonds. The molecule has 0 radical (unpaired) electrons. The number of rotatable bonds is 4. The molecular formula is C16H23ClN2O2. The van der Waals surface area contributed by atoms with Gasteiger partial charge in [0.15, 0.2) is 6.61 Å². The van der Waals surface area contributed by atoms with Crippen LogP contribution >= 0.6 is 12.4 Å². The Balaban J connectivity index is 0.00000161. The van der Waals surface area contributed by atoms with Crippen molar-refractivity contribution in [2.75, 3.05) is 32.8 Å². The summed E-state index contributed by atoms with van der Waals surface area (Å²) >= 11 is 0. The maximum Gasteiger partial charge on any atom is 0.260 e. The number of nitrogens with zero attached hydrogens (tertiary/aromatic N) is 1. The van der Waals surface area contributed by atoms with Gasteiger partial charge in [0.25, 0.3) is 5.91 Å². The molecule has 2 aliphatic heterocycles. The van der Waals surface area contributed by atoms with Gasteiger partial charge in [-0.1, -0.05) is 19.1 Å². The van der Waals surface area contributed by atoms with Crippen molar-refractivity contribution in [1.82, 2.24) is 10.2 Å². The predicted octanol–water partition coefficient (Wildman–Crippen LogP) is 1.73. The molecule has 0 unspecified atom stereocenters. The summed E-state index contributed by atoms with van der Waals surface area (Å²) in [5.74, 6) is 2.17. The van der Waals surface area contributed by atoms with Crippen LogP contribution in [0.25, 0.3) is 0 Å². The van der Waals surface area contributed by atoms with E-state index in [1.807, 2.05) is 29.2 Å². The third-order valence-corrected chi connectivity index (χ3v) is 4.44. The number of ether oxygens (including phenoxy) is 1. The molecule has 0 aliphatic carbocycles. The molecule has 5 heteroatoms. The third kappa shape index (κ3) is 3.69. The highest BCUT2D eigenvalue weighted by molar-refractivity contribution is 5.85. The van der Waals surface area contributed by atoms with Crippen LogP contribution in [0.3, 0.4) is 0 Å². The number of benzene rings is 1. The lowest BCUT2D eigenvalue weighted by Crippen LogP contribution is -2.35. The summed E-state index contributed by atoms with van der Waals surface area (Å²) < 4.78 is 5.59. The zero-order valence-electron chi connectivity index (χ0n) is 12.4. The van der Waals surface area contributed by atoms with E-state index in [1.165, 1.54) is 5.56 Å². The first kappa shape index (κ1) is 16.1. The van der Waals surface area contributed by atoms with Gasteiger partial charge in [0.05, 0.1) is 0 Å². The molecule has 2 saturated heterocycles. The lowest BCUT2D eigenvalue weighted by atomic mass is 10.0. The van der Waals surface area contributed by atoms with Crippen molar-refractivity contribution in [3.05, 3.63) is 29.8 Å². The van der Waals surface area contributed by atoms with Crippen molar-refractivity contribution in [3.8, 4) is 5.75 Å². The van der Waals surface area contributed by atoms with Gasteiger partial charge in [0, 0.05) is 26.2 Å². The Labute approximate surface area is 132 Å². The number of likely N-dealkylation sites (tertiary alicyclic amines) is 1. The molecule has 1 aromatic rings. The van der Waals surface area contributed by atoms with Crippen LogP contribution in [0.5, 0.6) is 5.75 Å². The van der Waals surface area contributed by atoms with E-state index in [0.29, 0.717) is 11.8 Å². The molecule has 3 rings (SSSR count). The minimum absolute atomic E-state index is 0. The van der Waals surface area contributed by atoms with Gasteiger partial charge in [-0.15, -0.1) is 12.4 Å². The van der Waals surface area contributed by atoms with Crippen molar-refractivity contribution in [3.63, 3.8) is 0 Å². The Kier molecular flexibility index (Phi) is 5.48. The Bertz CT molecular complexity index is 466. The summed E-state index contributed by atoms with van der Waals surface area (Å²) in [6, 6.07) is 7.97. The fraction of sp³-hybridized carbons (Fsp3) is 0.562. The fourth-order valence-electron chi connectivity index (χ4n) is 3.12. The van der Waals surface area contributed by atoms with Gasteiger partial charge in [-0.05, 0) is 36.0 Å². The van der Waals surface area contributed by atoms with E-state index in [4.69, 9.17) is 4.74 Å². The number of hydrogen-bond acceptors (Lipinski definition) is 3. The summed E-state index contributed by atoms with van der Waals surface area (Å²) in [5, 5.41) is 3.38. The van der Waals surface area contributed by atoms with Crippen molar-refractivity contribution in [2.24, 2.45) is 11.8 Å². The topological polar surface area (TPSA) is 41.6 Å². The zero-order chi connectivity index (χ0) is 13.9. The molecule has 2 aliphatic rings. The van der Waals surface area contributed by atoms with Gasteiger partial charge in [-0.25, -0.2) is 0 Å². The summed E-state index contributed by atoms with van der Waals surface area (Å²) in [7, 11) is 0. The molecule has 0 bridgehead atoms. The molecule has 1 N–H and O–H groups in total. The average Bonchev–Trinajstić information content (AvgIpc) is 3.06. The fourth-order valence-corrected chi connectivity index (χ4v) is 3.12. The lowest BCUT2D eigenvalue weighted by molar-refractivity contribution is -0.132. The zero-order valence-corrected chi connectivity index (χ0v) is 13.2. The number of aryl methyl sites for hydroxylation is 1. The predicted molar refractivity (Wildman–Crippen MR) is 85.0 cm³/mol. The number of amides is 1. The second kappa shape index (κ2) is 7.14. The largest absolute Gasteiger partial charge is 0.484 e. The molecule has 0 saturated carbocycles. The van der Waals surface area contributed by atoms with E-state index in [9.17, 15) is 4.79 Å². The first-order chi connectivity index (χ1) is 9.76. The summed E-state index contributed by atoms with van der Waals surface area (Å²) in [6.07, 6.45) is 1.02. The number of hydrogen-bond donors (Lipinski definition) is 1. The molecular weight excluding hydrogens is 288 g/mol. The van der Waals surface area contributed by atoms with E-state index < -0.39 is 0 Å². The summed E-state index contributed by atoms with van der Waals surface area (Å²) in [4.78, 5) is 14.1. The molecule has 2 fully saturated rings. The van der Waals surface area contributed by atoms with Crippen LogP contribution in [0.1, 0.15) is 12.5 Å². The molecule has 1 aromatic carbocycles. The number of carbonyl (C=O) groups excluding carboxylic acids is 1. The highest BCUT2D eigenvalue weighted by atomic mass is 35.5. The van der Waals surface area contributed by atoms with E-state index in [1.54, 1.807) is 0 Å². The molecule has 0 spiro atoms. The normalized spacial score (nSPS) is 23.6. The third-order valence-electron chi connectivity index (χ3n) is 4.44. The summed E-state index contributed by atoms with van der Waals surface area (Å²) in [6.45, 7) is 6.14. The van der Waals surface area contributed by atoms with Crippen LogP contribution in [0.2, 0.25) is 0 Å². The van der Waals surface area contributed by atoms with Crippen LogP contribution in [-0.2, 0) is 11.2 Å². The monoisotopic (exact) mass is 310 g/mol. The number of carbonyl (C=O) groups is 1. The van der Waals surface area contributed by atoms with Crippen LogP contribution in [0.4, 0.5) is 0 Å².